The van der Waals surface area contributed by atoms with Crippen LogP contribution < -0.4 is 10.0 Å². The zero-order valence-corrected chi connectivity index (χ0v) is 24.9. The normalized spacial score (nSPS) is 15.5. The van der Waals surface area contributed by atoms with E-state index in [2.05, 4.69) is 15.0 Å². The molecule has 0 spiro atoms. The van der Waals surface area contributed by atoms with Crippen LogP contribution in [0.5, 0.6) is 0 Å². The topological polar surface area (TPSA) is 125 Å². The molecule has 0 saturated carbocycles. The Bertz CT molecular complexity index is 2020. The lowest BCUT2D eigenvalue weighted by atomic mass is 9.88. The van der Waals surface area contributed by atoms with Crippen LogP contribution in [0, 0.1) is 11.6 Å². The van der Waals surface area contributed by atoms with E-state index < -0.39 is 27.6 Å². The van der Waals surface area contributed by atoms with Crippen LogP contribution in [-0.2, 0) is 10.0 Å². The molecule has 3 aromatic carbocycles. The van der Waals surface area contributed by atoms with E-state index in [4.69, 9.17) is 4.42 Å². The summed E-state index contributed by atoms with van der Waals surface area (Å²) in [6.45, 7) is 2.25. The third kappa shape index (κ3) is 5.41. The van der Waals surface area contributed by atoms with E-state index in [0.717, 1.165) is 0 Å². The van der Waals surface area contributed by atoms with Crippen molar-refractivity contribution in [2.45, 2.75) is 25.7 Å². The fourth-order valence-corrected chi connectivity index (χ4v) is 6.46. The lowest BCUT2D eigenvalue weighted by Gasteiger charge is -2.33. The molecule has 44 heavy (non-hydrogen) atoms. The smallest absolute Gasteiger partial charge is 0.270 e. The van der Waals surface area contributed by atoms with Crippen LogP contribution in [0.4, 0.5) is 14.5 Å². The maximum Gasteiger partial charge on any atom is 0.270 e. The first kappa shape index (κ1) is 29.4. The molecule has 1 fully saturated rings. The fourth-order valence-electron chi connectivity index (χ4n) is 5.80. The number of piperidine rings is 1. The highest BCUT2D eigenvalue weighted by atomic mass is 32.2. The van der Waals surface area contributed by atoms with Crippen molar-refractivity contribution in [2.75, 3.05) is 30.6 Å². The van der Waals surface area contributed by atoms with Crippen molar-refractivity contribution in [3.05, 3.63) is 89.1 Å². The zero-order valence-electron chi connectivity index (χ0n) is 24.0. The molecule has 3 heterocycles. The number of amides is 2. The molecule has 1 saturated heterocycles. The number of H-pyrrole nitrogens is 1. The number of likely N-dealkylation sites (tertiary alicyclic amines) is 1. The number of nitrogens with zero attached hydrogens (tertiary/aromatic N) is 1. The predicted octanol–water partition coefficient (Wildman–Crippen LogP) is 6.00. The molecule has 0 bridgehead atoms. The second-order valence-corrected chi connectivity index (χ2v) is 12.8. The minimum Gasteiger partial charge on any atom is -0.455 e. The highest BCUT2D eigenvalue weighted by Gasteiger charge is 2.31. The lowest BCUT2D eigenvalue weighted by molar-refractivity contribution is 0.0702. The van der Waals surface area contributed by atoms with E-state index in [1.807, 2.05) is 0 Å². The maximum atomic E-state index is 14.3. The van der Waals surface area contributed by atoms with Gasteiger partial charge in [-0.1, -0.05) is 12.1 Å². The van der Waals surface area contributed by atoms with Gasteiger partial charge in [0.25, 0.3) is 11.8 Å². The van der Waals surface area contributed by atoms with Gasteiger partial charge in [-0.2, -0.15) is 0 Å². The van der Waals surface area contributed by atoms with Gasteiger partial charge in [-0.25, -0.2) is 17.2 Å². The van der Waals surface area contributed by atoms with Gasteiger partial charge in [0.2, 0.25) is 10.0 Å². The molecule has 12 heteroatoms. The number of rotatable bonds is 7. The van der Waals surface area contributed by atoms with Crippen LogP contribution in [0.15, 0.2) is 65.1 Å². The molecule has 228 valence electrons. The average molecular weight is 621 g/mol. The summed E-state index contributed by atoms with van der Waals surface area (Å²) in [6.07, 6.45) is 1.28. The Labute approximate surface area is 252 Å². The largest absolute Gasteiger partial charge is 0.455 e. The molecule has 0 radical (unpaired) electrons. The van der Waals surface area contributed by atoms with Crippen molar-refractivity contribution in [1.82, 2.24) is 15.2 Å². The van der Waals surface area contributed by atoms with Gasteiger partial charge in [-0.3, -0.25) is 14.3 Å². The fraction of sp³-hybridized carbons (Fsp3) is 0.250. The van der Waals surface area contributed by atoms with Gasteiger partial charge < -0.3 is 19.6 Å². The number of aromatic nitrogens is 1. The van der Waals surface area contributed by atoms with E-state index in [1.165, 1.54) is 44.3 Å². The van der Waals surface area contributed by atoms with Gasteiger partial charge in [0, 0.05) is 48.5 Å². The number of hydrogen-bond donors (Lipinski definition) is 3. The number of sulfonamides is 1. The van der Waals surface area contributed by atoms with Crippen molar-refractivity contribution in [2.24, 2.45) is 0 Å². The van der Waals surface area contributed by atoms with Crippen LogP contribution in [0.3, 0.4) is 0 Å². The molecule has 0 aliphatic carbocycles. The van der Waals surface area contributed by atoms with Crippen LogP contribution in [0.2, 0.25) is 0 Å². The molecular formula is C32H30F2N4O5S. The summed E-state index contributed by atoms with van der Waals surface area (Å²) in [5.74, 6) is -1.87. The molecule has 2 amide bonds. The number of anilines is 1. The van der Waals surface area contributed by atoms with Crippen LogP contribution >= 0.6 is 0 Å². The predicted molar refractivity (Wildman–Crippen MR) is 164 cm³/mol. The number of furan rings is 1. The number of fused-ring (bicyclic) bond motifs is 2. The van der Waals surface area contributed by atoms with Gasteiger partial charge in [-0.15, -0.1) is 0 Å². The minimum atomic E-state index is -3.71. The van der Waals surface area contributed by atoms with Crippen molar-refractivity contribution >= 4 is 49.4 Å². The summed E-state index contributed by atoms with van der Waals surface area (Å²) in [5.41, 5.74) is 2.37. The zero-order chi connectivity index (χ0) is 31.2. The summed E-state index contributed by atoms with van der Waals surface area (Å²) in [7, 11) is -2.22. The van der Waals surface area contributed by atoms with Crippen molar-refractivity contribution in [3.8, 4) is 11.3 Å². The van der Waals surface area contributed by atoms with E-state index in [9.17, 15) is 26.8 Å². The highest BCUT2D eigenvalue weighted by molar-refractivity contribution is 7.92. The standard InChI is InChI=1S/C32H30F2N4O5S/c1-3-44(41,42)37-25-16-27-23(28(31(39)35-2)30(43-27)18-9-11-21(33)12-10-18)15-22(25)20-7-5-13-38(17-20)32(40)26-14-19-6-4-8-24(34)29(19)36-26/h4,6,8-12,14-16,20,36-37H,3,5,7,13,17H2,1-2H3,(H,35,39)/t20-/m1/s1. The Morgan fingerprint density at radius 3 is 2.57 bits per heavy atom. The first-order chi connectivity index (χ1) is 21.1. The molecule has 9 nitrogen and oxygen atoms in total. The minimum absolute atomic E-state index is 0.167. The Morgan fingerprint density at radius 1 is 1.09 bits per heavy atom. The second kappa shape index (κ2) is 11.4. The monoisotopic (exact) mass is 620 g/mol. The Hall–Kier alpha value is -4.71. The molecule has 3 N–H and O–H groups in total. The van der Waals surface area contributed by atoms with E-state index in [0.29, 0.717) is 41.3 Å². The third-order valence-corrected chi connectivity index (χ3v) is 9.34. The van der Waals surface area contributed by atoms with E-state index in [-0.39, 0.29) is 57.9 Å². The number of aromatic amines is 1. The van der Waals surface area contributed by atoms with Gasteiger partial charge in [0.15, 0.2) is 0 Å². The summed E-state index contributed by atoms with van der Waals surface area (Å²) in [6, 6.07) is 15.1. The quantitative estimate of drug-likeness (QED) is 0.206. The number of hydrogen-bond acceptors (Lipinski definition) is 5. The number of carbonyl (C=O) groups is 2. The SMILES string of the molecule is CCS(=O)(=O)Nc1cc2oc(-c3ccc(F)cc3)c(C(=O)NC)c2cc1[C@@H]1CCCN(C(=O)c2cc3cccc(F)c3[nH]2)C1. The number of benzene rings is 3. The van der Waals surface area contributed by atoms with Crippen LogP contribution in [0.25, 0.3) is 33.2 Å². The Balaban J connectivity index is 1.44. The first-order valence-corrected chi connectivity index (χ1v) is 15.9. The second-order valence-electron chi connectivity index (χ2n) is 10.8. The molecule has 6 rings (SSSR count). The lowest BCUT2D eigenvalue weighted by Crippen LogP contribution is -2.39. The highest BCUT2D eigenvalue weighted by Crippen LogP contribution is 2.41. The third-order valence-electron chi connectivity index (χ3n) is 8.05. The molecule has 1 aliphatic heterocycles. The summed E-state index contributed by atoms with van der Waals surface area (Å²) < 4.78 is 62.3. The number of halogens is 2. The van der Waals surface area contributed by atoms with Gasteiger partial charge in [0.05, 0.1) is 22.5 Å². The van der Waals surface area contributed by atoms with Crippen molar-refractivity contribution in [1.29, 1.82) is 0 Å². The van der Waals surface area contributed by atoms with Crippen molar-refractivity contribution < 1.29 is 31.2 Å². The molecular weight excluding hydrogens is 590 g/mol. The van der Waals surface area contributed by atoms with Crippen molar-refractivity contribution in [3.63, 3.8) is 0 Å². The van der Waals surface area contributed by atoms with Crippen LogP contribution in [0.1, 0.15) is 52.1 Å². The van der Waals surface area contributed by atoms with Gasteiger partial charge in [0.1, 0.15) is 28.7 Å². The summed E-state index contributed by atoms with van der Waals surface area (Å²) >= 11 is 0. The Morgan fingerprint density at radius 2 is 1.86 bits per heavy atom. The van der Waals surface area contributed by atoms with Crippen LogP contribution in [-0.4, -0.2) is 56.0 Å². The number of para-hydroxylation sites is 1. The molecule has 1 atom stereocenters. The summed E-state index contributed by atoms with van der Waals surface area (Å²) in [5, 5.41) is 3.67. The molecule has 2 aromatic heterocycles. The molecule has 1 aliphatic rings. The van der Waals surface area contributed by atoms with E-state index >= 15 is 0 Å². The molecule has 0 unspecified atom stereocenters. The first-order valence-electron chi connectivity index (χ1n) is 14.2. The number of nitrogens with one attached hydrogen (secondary N) is 3. The van der Waals surface area contributed by atoms with Gasteiger partial charge in [-0.05, 0) is 67.8 Å². The average Bonchev–Trinajstić information content (AvgIpc) is 3.63. The number of carbonyl (C=O) groups excluding carboxylic acids is 2. The van der Waals surface area contributed by atoms with Gasteiger partial charge >= 0.3 is 0 Å². The summed E-state index contributed by atoms with van der Waals surface area (Å²) in [4.78, 5) is 31.3. The van der Waals surface area contributed by atoms with E-state index in [1.54, 1.807) is 35.2 Å². The molecule has 5 aromatic rings. The Kier molecular flexibility index (Phi) is 7.62. The maximum absolute atomic E-state index is 14.3.